The Morgan fingerprint density at radius 3 is 2.17 bits per heavy atom. The highest BCUT2D eigenvalue weighted by molar-refractivity contribution is 5.25. The van der Waals surface area contributed by atoms with Gasteiger partial charge < -0.3 is 0 Å². The first kappa shape index (κ1) is 7.85. The molecule has 0 atom stereocenters. The van der Waals surface area contributed by atoms with Crippen LogP contribution in [0.5, 0.6) is 0 Å². The van der Waals surface area contributed by atoms with E-state index in [2.05, 4.69) is 37.3 Å². The summed E-state index contributed by atoms with van der Waals surface area (Å²) in [6.07, 6.45) is 5.56. The Morgan fingerprint density at radius 1 is 1.00 bits per heavy atom. The van der Waals surface area contributed by atoms with Gasteiger partial charge in [0.15, 0.2) is 0 Å². The summed E-state index contributed by atoms with van der Waals surface area (Å²) in [5, 5.41) is 0. The van der Waals surface area contributed by atoms with E-state index in [1.54, 1.807) is 0 Å². The van der Waals surface area contributed by atoms with Crippen molar-refractivity contribution in [3.63, 3.8) is 0 Å². The normalized spacial score (nSPS) is 21.1. The molecule has 0 bridgehead atoms. The van der Waals surface area contributed by atoms with Crippen molar-refractivity contribution in [2.75, 3.05) is 0 Å². The van der Waals surface area contributed by atoms with Gasteiger partial charge in [0, 0.05) is 0 Å². The van der Waals surface area contributed by atoms with E-state index in [-0.39, 0.29) is 0 Å². The monoisotopic (exact) mass is 160 g/mol. The zero-order valence-electron chi connectivity index (χ0n) is 7.72. The van der Waals surface area contributed by atoms with Gasteiger partial charge in [0.05, 0.1) is 0 Å². The molecular formula is C12H16. The summed E-state index contributed by atoms with van der Waals surface area (Å²) in [6.45, 7) is 2.40. The van der Waals surface area contributed by atoms with Crippen molar-refractivity contribution >= 4 is 0 Å². The van der Waals surface area contributed by atoms with Gasteiger partial charge >= 0.3 is 0 Å². The molecule has 1 aromatic rings. The van der Waals surface area contributed by atoms with Crippen LogP contribution in [0.2, 0.25) is 0 Å². The van der Waals surface area contributed by atoms with Crippen molar-refractivity contribution < 1.29 is 0 Å². The van der Waals surface area contributed by atoms with E-state index in [9.17, 15) is 0 Å². The first-order chi connectivity index (χ1) is 5.81. The van der Waals surface area contributed by atoms with Crippen LogP contribution in [0.3, 0.4) is 0 Å². The Kier molecular flexibility index (Phi) is 1.92. The minimum atomic E-state index is 0.487. The second-order valence-electron chi connectivity index (χ2n) is 4.13. The summed E-state index contributed by atoms with van der Waals surface area (Å²) in [4.78, 5) is 0. The molecule has 1 aliphatic rings. The molecule has 1 fully saturated rings. The van der Waals surface area contributed by atoms with Crippen LogP contribution in [-0.2, 0) is 5.41 Å². The molecule has 0 nitrogen and oxygen atoms in total. The lowest BCUT2D eigenvalue weighted by atomic mass is 9.81. The molecule has 1 aliphatic carbocycles. The summed E-state index contributed by atoms with van der Waals surface area (Å²) in [6, 6.07) is 10.9. The maximum Gasteiger partial charge on any atom is -0.00753 e. The maximum atomic E-state index is 2.40. The van der Waals surface area contributed by atoms with Crippen molar-refractivity contribution in [3.8, 4) is 0 Å². The van der Waals surface area contributed by atoms with E-state index < -0.39 is 0 Å². The third-order valence-corrected chi connectivity index (χ3v) is 3.18. The predicted molar refractivity (Wildman–Crippen MR) is 52.3 cm³/mol. The fourth-order valence-corrected chi connectivity index (χ4v) is 2.28. The van der Waals surface area contributed by atoms with Crippen LogP contribution in [0.25, 0.3) is 0 Å². The van der Waals surface area contributed by atoms with Gasteiger partial charge in [-0.15, -0.1) is 0 Å². The molecule has 2 rings (SSSR count). The van der Waals surface area contributed by atoms with Crippen LogP contribution in [0.4, 0.5) is 0 Å². The van der Waals surface area contributed by atoms with E-state index in [1.807, 2.05) is 0 Å². The molecule has 0 heteroatoms. The van der Waals surface area contributed by atoms with E-state index >= 15 is 0 Å². The molecule has 0 aliphatic heterocycles. The van der Waals surface area contributed by atoms with Gasteiger partial charge in [-0.25, -0.2) is 0 Å². The van der Waals surface area contributed by atoms with Crippen LogP contribution in [0, 0.1) is 0 Å². The number of hydrogen-bond acceptors (Lipinski definition) is 0. The van der Waals surface area contributed by atoms with Crippen molar-refractivity contribution in [3.05, 3.63) is 35.9 Å². The van der Waals surface area contributed by atoms with E-state index in [4.69, 9.17) is 0 Å². The first-order valence-corrected chi connectivity index (χ1v) is 4.87. The number of hydrogen-bond donors (Lipinski definition) is 0. The quantitative estimate of drug-likeness (QED) is 0.589. The van der Waals surface area contributed by atoms with Gasteiger partial charge in [-0.1, -0.05) is 50.1 Å². The Hall–Kier alpha value is -0.780. The zero-order chi connectivity index (χ0) is 8.44. The fourth-order valence-electron chi connectivity index (χ4n) is 2.28. The van der Waals surface area contributed by atoms with Crippen LogP contribution < -0.4 is 0 Å². The van der Waals surface area contributed by atoms with Gasteiger partial charge in [0.1, 0.15) is 0 Å². The predicted octanol–water partition coefficient (Wildman–Crippen LogP) is 3.52. The molecule has 1 saturated carbocycles. The fraction of sp³-hybridized carbons (Fsp3) is 0.500. The molecule has 0 amide bonds. The van der Waals surface area contributed by atoms with Crippen molar-refractivity contribution in [2.45, 2.75) is 38.0 Å². The average Bonchev–Trinajstić information content (AvgIpc) is 2.55. The topological polar surface area (TPSA) is 0 Å². The van der Waals surface area contributed by atoms with Gasteiger partial charge in [0.25, 0.3) is 0 Å². The molecule has 12 heavy (non-hydrogen) atoms. The Balaban J connectivity index is 2.29. The summed E-state index contributed by atoms with van der Waals surface area (Å²) in [7, 11) is 0. The lowest BCUT2D eigenvalue weighted by Crippen LogP contribution is -2.16. The van der Waals surface area contributed by atoms with Gasteiger partial charge in [0.2, 0.25) is 0 Å². The third kappa shape index (κ3) is 1.26. The third-order valence-electron chi connectivity index (χ3n) is 3.18. The summed E-state index contributed by atoms with van der Waals surface area (Å²) < 4.78 is 0. The van der Waals surface area contributed by atoms with Crippen LogP contribution in [-0.4, -0.2) is 0 Å². The Morgan fingerprint density at radius 2 is 1.58 bits per heavy atom. The van der Waals surface area contributed by atoms with Gasteiger partial charge in [-0.2, -0.15) is 0 Å². The summed E-state index contributed by atoms with van der Waals surface area (Å²) in [5.41, 5.74) is 2.02. The maximum absolute atomic E-state index is 2.40. The second-order valence-corrected chi connectivity index (χ2v) is 4.13. The highest BCUT2D eigenvalue weighted by Crippen LogP contribution is 2.40. The van der Waals surface area contributed by atoms with E-state index in [0.717, 1.165) is 0 Å². The van der Waals surface area contributed by atoms with Crippen LogP contribution >= 0.6 is 0 Å². The van der Waals surface area contributed by atoms with Gasteiger partial charge in [-0.05, 0) is 23.8 Å². The smallest absolute Gasteiger partial charge is 0.00753 e. The SMILES string of the molecule is CC1(c2ccccc2)CCCC1. The van der Waals surface area contributed by atoms with E-state index in [0.29, 0.717) is 5.41 Å². The van der Waals surface area contributed by atoms with Crippen molar-refractivity contribution in [2.24, 2.45) is 0 Å². The zero-order valence-corrected chi connectivity index (χ0v) is 7.72. The molecule has 0 saturated heterocycles. The average molecular weight is 160 g/mol. The molecule has 0 radical (unpaired) electrons. The molecule has 0 spiro atoms. The Labute approximate surface area is 74.6 Å². The van der Waals surface area contributed by atoms with Crippen LogP contribution in [0.15, 0.2) is 30.3 Å². The molecule has 0 N–H and O–H groups in total. The molecule has 0 heterocycles. The summed E-state index contributed by atoms with van der Waals surface area (Å²) >= 11 is 0. The summed E-state index contributed by atoms with van der Waals surface area (Å²) in [5.74, 6) is 0. The lowest BCUT2D eigenvalue weighted by molar-refractivity contribution is 0.491. The standard InChI is InChI=1S/C12H16/c1-12(9-5-6-10-12)11-7-3-2-4-8-11/h2-4,7-8H,5-6,9-10H2,1H3. The second kappa shape index (κ2) is 2.93. The van der Waals surface area contributed by atoms with Crippen LogP contribution in [0.1, 0.15) is 38.2 Å². The lowest BCUT2D eigenvalue weighted by Gasteiger charge is -2.23. The first-order valence-electron chi connectivity index (χ1n) is 4.87. The van der Waals surface area contributed by atoms with Crippen molar-refractivity contribution in [1.82, 2.24) is 0 Å². The largest absolute Gasteiger partial charge is 0.0622 e. The molecular weight excluding hydrogens is 144 g/mol. The molecule has 64 valence electrons. The molecule has 0 aromatic heterocycles. The van der Waals surface area contributed by atoms with Crippen molar-refractivity contribution in [1.29, 1.82) is 0 Å². The minimum absolute atomic E-state index is 0.487. The minimum Gasteiger partial charge on any atom is -0.0622 e. The number of benzene rings is 1. The highest BCUT2D eigenvalue weighted by Gasteiger charge is 2.29. The molecule has 0 unspecified atom stereocenters. The molecule has 1 aromatic carbocycles. The van der Waals surface area contributed by atoms with E-state index in [1.165, 1.54) is 31.2 Å². The highest BCUT2D eigenvalue weighted by atomic mass is 14.3. The van der Waals surface area contributed by atoms with Gasteiger partial charge in [-0.3, -0.25) is 0 Å². The number of rotatable bonds is 1. The Bertz CT molecular complexity index is 242.